The van der Waals surface area contributed by atoms with Crippen molar-refractivity contribution in [1.82, 2.24) is 0 Å². The van der Waals surface area contributed by atoms with Crippen molar-refractivity contribution >= 4 is 28.9 Å². The first-order valence-electron chi connectivity index (χ1n) is 6.40. The summed E-state index contributed by atoms with van der Waals surface area (Å²) in [5.74, 6) is 0. The summed E-state index contributed by atoms with van der Waals surface area (Å²) in [5, 5.41) is 0.625. The molecule has 0 aromatic heterocycles. The van der Waals surface area contributed by atoms with Crippen LogP contribution >= 0.6 is 23.8 Å². The van der Waals surface area contributed by atoms with Gasteiger partial charge >= 0.3 is 0 Å². The first-order chi connectivity index (χ1) is 8.94. The molecule has 104 valence electrons. The minimum atomic E-state index is -0.00148. The maximum atomic E-state index is 6.48. The van der Waals surface area contributed by atoms with Crippen LogP contribution in [0.25, 0.3) is 0 Å². The number of ether oxygens (including phenoxy) is 1. The third-order valence-corrected chi connectivity index (χ3v) is 3.55. The molecule has 0 aliphatic heterocycles. The summed E-state index contributed by atoms with van der Waals surface area (Å²) in [7, 11) is 0. The first kappa shape index (κ1) is 16.2. The summed E-state index contributed by atoms with van der Waals surface area (Å²) in [6.07, 6.45) is 3.29. The Labute approximate surface area is 126 Å². The smallest absolute Gasteiger partial charge is 0.160 e. The Bertz CT molecular complexity index is 414. The van der Waals surface area contributed by atoms with Gasteiger partial charge < -0.3 is 4.74 Å². The van der Waals surface area contributed by atoms with Gasteiger partial charge in [0, 0.05) is 6.42 Å². The number of hydrogen-bond donors (Lipinski definition) is 0. The molecule has 0 saturated heterocycles. The lowest BCUT2D eigenvalue weighted by Gasteiger charge is -2.27. The van der Waals surface area contributed by atoms with E-state index in [9.17, 15) is 0 Å². The Morgan fingerprint density at radius 1 is 1.42 bits per heavy atom. The zero-order valence-electron chi connectivity index (χ0n) is 11.6. The molecule has 1 rings (SSSR count). The van der Waals surface area contributed by atoms with Crippen LogP contribution in [0.1, 0.15) is 37.6 Å². The van der Waals surface area contributed by atoms with Gasteiger partial charge in [0.2, 0.25) is 0 Å². The lowest BCUT2D eigenvalue weighted by atomic mass is 9.83. The van der Waals surface area contributed by atoms with Crippen LogP contribution < -0.4 is 0 Å². The van der Waals surface area contributed by atoms with Crippen LogP contribution in [-0.2, 0) is 4.74 Å². The quantitative estimate of drug-likeness (QED) is 0.383. The van der Waals surface area contributed by atoms with E-state index in [0.29, 0.717) is 11.7 Å². The van der Waals surface area contributed by atoms with Crippen molar-refractivity contribution in [1.29, 1.82) is 0 Å². The standard InChI is InChI=1S/C16H21ClOS/c1-4-10-18-15(19)12-16(2,3)11-14(17)13-8-6-5-7-9-13/h4-9,14H,1,10-12H2,2-3H3. The van der Waals surface area contributed by atoms with Gasteiger partial charge in [-0.2, -0.15) is 0 Å². The molecule has 1 nitrogen and oxygen atoms in total. The SMILES string of the molecule is C=CCOC(=S)CC(C)(C)CC(Cl)c1ccccc1. The van der Waals surface area contributed by atoms with Crippen molar-refractivity contribution in [2.24, 2.45) is 5.41 Å². The molecule has 0 aliphatic rings. The molecule has 0 heterocycles. The van der Waals surface area contributed by atoms with Gasteiger partial charge in [0.25, 0.3) is 0 Å². The Kier molecular flexibility index (Phi) is 6.53. The molecule has 0 saturated carbocycles. The van der Waals surface area contributed by atoms with Crippen molar-refractivity contribution in [2.45, 2.75) is 32.1 Å². The molecule has 0 amide bonds. The largest absolute Gasteiger partial charge is 0.483 e. The normalized spacial score (nSPS) is 12.8. The van der Waals surface area contributed by atoms with Crippen LogP contribution in [0.2, 0.25) is 0 Å². The van der Waals surface area contributed by atoms with E-state index in [2.05, 4.69) is 32.6 Å². The summed E-state index contributed by atoms with van der Waals surface area (Å²) in [4.78, 5) is 0. The molecule has 0 fully saturated rings. The van der Waals surface area contributed by atoms with E-state index in [1.807, 2.05) is 18.2 Å². The fourth-order valence-electron chi connectivity index (χ4n) is 1.93. The Morgan fingerprint density at radius 2 is 2.05 bits per heavy atom. The van der Waals surface area contributed by atoms with Crippen molar-refractivity contribution in [3.8, 4) is 0 Å². The van der Waals surface area contributed by atoms with E-state index in [-0.39, 0.29) is 10.8 Å². The minimum Gasteiger partial charge on any atom is -0.483 e. The monoisotopic (exact) mass is 296 g/mol. The number of halogens is 1. The molecule has 1 aromatic carbocycles. The maximum absolute atomic E-state index is 6.48. The number of alkyl halides is 1. The van der Waals surface area contributed by atoms with Gasteiger partial charge in [-0.1, -0.05) is 56.8 Å². The third kappa shape index (κ3) is 6.22. The average molecular weight is 297 g/mol. The number of rotatable bonds is 7. The molecular formula is C16H21ClOS. The molecule has 0 radical (unpaired) electrons. The second kappa shape index (κ2) is 7.66. The highest BCUT2D eigenvalue weighted by molar-refractivity contribution is 7.80. The number of benzene rings is 1. The summed E-state index contributed by atoms with van der Waals surface area (Å²) in [6, 6.07) is 10.1. The van der Waals surface area contributed by atoms with E-state index in [1.54, 1.807) is 6.08 Å². The van der Waals surface area contributed by atoms with Crippen LogP contribution in [-0.4, -0.2) is 11.7 Å². The topological polar surface area (TPSA) is 9.23 Å². The van der Waals surface area contributed by atoms with Crippen molar-refractivity contribution in [3.63, 3.8) is 0 Å². The molecule has 0 aliphatic carbocycles. The Balaban J connectivity index is 2.54. The van der Waals surface area contributed by atoms with Gasteiger partial charge in [-0.05, 0) is 29.6 Å². The Hall–Kier alpha value is -0.860. The van der Waals surface area contributed by atoms with E-state index in [4.69, 9.17) is 28.6 Å². The van der Waals surface area contributed by atoms with Crippen LogP contribution in [0, 0.1) is 5.41 Å². The van der Waals surface area contributed by atoms with E-state index >= 15 is 0 Å². The summed E-state index contributed by atoms with van der Waals surface area (Å²) >= 11 is 11.7. The highest BCUT2D eigenvalue weighted by Crippen LogP contribution is 2.37. The van der Waals surface area contributed by atoms with E-state index in [0.717, 1.165) is 18.4 Å². The molecule has 19 heavy (non-hydrogen) atoms. The van der Waals surface area contributed by atoms with Gasteiger partial charge in [0.1, 0.15) is 6.61 Å². The third-order valence-electron chi connectivity index (χ3n) is 2.88. The molecule has 0 bridgehead atoms. The van der Waals surface area contributed by atoms with Gasteiger partial charge in [-0.3, -0.25) is 0 Å². The molecular weight excluding hydrogens is 276 g/mol. The second-order valence-electron chi connectivity index (χ2n) is 5.40. The number of thiocarbonyl (C=S) groups is 1. The fraction of sp³-hybridized carbons (Fsp3) is 0.438. The van der Waals surface area contributed by atoms with E-state index < -0.39 is 0 Å². The lowest BCUT2D eigenvalue weighted by Crippen LogP contribution is -2.19. The van der Waals surface area contributed by atoms with Gasteiger partial charge in [-0.15, -0.1) is 11.6 Å². The first-order valence-corrected chi connectivity index (χ1v) is 7.24. The number of hydrogen-bond acceptors (Lipinski definition) is 2. The zero-order valence-corrected chi connectivity index (χ0v) is 13.1. The lowest BCUT2D eigenvalue weighted by molar-refractivity contribution is 0.291. The summed E-state index contributed by atoms with van der Waals surface area (Å²) < 4.78 is 5.38. The van der Waals surface area contributed by atoms with Gasteiger partial charge in [0.15, 0.2) is 5.05 Å². The molecule has 0 N–H and O–H groups in total. The maximum Gasteiger partial charge on any atom is 0.160 e. The highest BCUT2D eigenvalue weighted by atomic mass is 35.5. The van der Waals surface area contributed by atoms with Crippen LogP contribution in [0.4, 0.5) is 0 Å². The summed E-state index contributed by atoms with van der Waals surface area (Å²) in [5.41, 5.74) is 1.16. The van der Waals surface area contributed by atoms with Crippen LogP contribution in [0.15, 0.2) is 43.0 Å². The van der Waals surface area contributed by atoms with Crippen molar-refractivity contribution < 1.29 is 4.74 Å². The molecule has 0 spiro atoms. The summed E-state index contributed by atoms with van der Waals surface area (Å²) in [6.45, 7) is 8.40. The van der Waals surface area contributed by atoms with Gasteiger partial charge in [-0.25, -0.2) is 0 Å². The van der Waals surface area contributed by atoms with Crippen molar-refractivity contribution in [3.05, 3.63) is 48.6 Å². The van der Waals surface area contributed by atoms with Crippen LogP contribution in [0.5, 0.6) is 0 Å². The Morgan fingerprint density at radius 3 is 2.63 bits per heavy atom. The van der Waals surface area contributed by atoms with Gasteiger partial charge in [0.05, 0.1) is 5.38 Å². The molecule has 3 heteroatoms. The van der Waals surface area contributed by atoms with E-state index in [1.165, 1.54) is 0 Å². The zero-order chi connectivity index (χ0) is 14.3. The molecule has 1 aromatic rings. The minimum absolute atomic E-state index is 0.00148. The van der Waals surface area contributed by atoms with Crippen LogP contribution in [0.3, 0.4) is 0 Å². The second-order valence-corrected chi connectivity index (χ2v) is 6.38. The van der Waals surface area contributed by atoms with Crippen molar-refractivity contribution in [2.75, 3.05) is 6.61 Å². The average Bonchev–Trinajstić information content (AvgIpc) is 2.36. The fourth-order valence-corrected chi connectivity index (χ4v) is 2.95. The molecule has 1 atom stereocenters. The highest BCUT2D eigenvalue weighted by Gasteiger charge is 2.25. The predicted octanol–water partition coefficient (Wildman–Crippen LogP) is 5.30. The molecule has 1 unspecified atom stereocenters. The predicted molar refractivity (Wildman–Crippen MR) is 86.8 cm³/mol.